The van der Waals surface area contributed by atoms with Crippen molar-refractivity contribution in [2.24, 2.45) is 0 Å². The summed E-state index contributed by atoms with van der Waals surface area (Å²) in [6.45, 7) is 1.96. The lowest BCUT2D eigenvalue weighted by atomic mass is 10.0. The van der Waals surface area contributed by atoms with Gasteiger partial charge < -0.3 is 5.32 Å². The number of aromatic nitrogens is 1. The van der Waals surface area contributed by atoms with Crippen LogP contribution in [0.4, 0.5) is 5.69 Å². The molecule has 0 atom stereocenters. The quantitative estimate of drug-likeness (QED) is 0.743. The number of pyridine rings is 1. The fourth-order valence-electron chi connectivity index (χ4n) is 2.27. The second-order valence-electron chi connectivity index (χ2n) is 5.45. The summed E-state index contributed by atoms with van der Waals surface area (Å²) in [6, 6.07) is 19.5. The van der Waals surface area contributed by atoms with E-state index in [1.165, 1.54) is 12.3 Å². The molecular weight excluding hydrogens is 300 g/mol. The molecule has 2 aromatic carbocycles. The van der Waals surface area contributed by atoms with Crippen LogP contribution in [0.1, 0.15) is 32.0 Å². The lowest BCUT2D eigenvalue weighted by molar-refractivity contribution is 0.102. The first kappa shape index (κ1) is 15.6. The van der Waals surface area contributed by atoms with Crippen molar-refractivity contribution < 1.29 is 9.59 Å². The van der Waals surface area contributed by atoms with Gasteiger partial charge in [-0.3, -0.25) is 14.6 Å². The minimum absolute atomic E-state index is 0.204. The van der Waals surface area contributed by atoms with Crippen LogP contribution in [0, 0.1) is 6.92 Å². The van der Waals surface area contributed by atoms with Crippen molar-refractivity contribution in [2.45, 2.75) is 6.92 Å². The zero-order valence-electron chi connectivity index (χ0n) is 13.2. The predicted octanol–water partition coefficient (Wildman–Crippen LogP) is 3.87. The second-order valence-corrected chi connectivity index (χ2v) is 5.45. The zero-order chi connectivity index (χ0) is 16.9. The molecule has 0 fully saturated rings. The molecule has 1 heterocycles. The highest BCUT2D eigenvalue weighted by atomic mass is 16.1. The van der Waals surface area contributed by atoms with Gasteiger partial charge in [0.15, 0.2) is 0 Å². The van der Waals surface area contributed by atoms with E-state index >= 15 is 0 Å². The first-order valence-corrected chi connectivity index (χ1v) is 7.57. The highest BCUT2D eigenvalue weighted by Crippen LogP contribution is 2.13. The SMILES string of the molecule is Cc1ccc(C(=O)c2cc(C(=O)Nc3ccccc3)ccn2)cc1. The van der Waals surface area contributed by atoms with Crippen LogP contribution < -0.4 is 5.32 Å². The van der Waals surface area contributed by atoms with Crippen LogP contribution in [-0.2, 0) is 0 Å². The number of hydrogen-bond acceptors (Lipinski definition) is 3. The van der Waals surface area contributed by atoms with Gasteiger partial charge >= 0.3 is 0 Å². The number of ketones is 1. The van der Waals surface area contributed by atoms with E-state index in [2.05, 4.69) is 10.3 Å². The summed E-state index contributed by atoms with van der Waals surface area (Å²) in [5.41, 5.74) is 2.97. The second kappa shape index (κ2) is 6.87. The highest BCUT2D eigenvalue weighted by Gasteiger charge is 2.13. The number of aryl methyl sites for hydroxylation is 1. The Morgan fingerprint density at radius 3 is 2.29 bits per heavy atom. The fourth-order valence-corrected chi connectivity index (χ4v) is 2.27. The summed E-state index contributed by atoms with van der Waals surface area (Å²) in [5, 5.41) is 2.79. The number of anilines is 1. The summed E-state index contributed by atoms with van der Waals surface area (Å²) in [7, 11) is 0. The first-order chi connectivity index (χ1) is 11.6. The molecule has 0 saturated carbocycles. The number of hydrogen-bond donors (Lipinski definition) is 1. The molecule has 0 bridgehead atoms. The molecular formula is C20H16N2O2. The normalized spacial score (nSPS) is 10.2. The maximum absolute atomic E-state index is 12.5. The Hall–Kier alpha value is -3.27. The lowest BCUT2D eigenvalue weighted by Crippen LogP contribution is -2.13. The third-order valence-corrected chi connectivity index (χ3v) is 3.60. The molecule has 118 valence electrons. The molecule has 1 aromatic heterocycles. The van der Waals surface area contributed by atoms with E-state index in [4.69, 9.17) is 0 Å². The van der Waals surface area contributed by atoms with Gasteiger partial charge in [0.05, 0.1) is 0 Å². The fraction of sp³-hybridized carbons (Fsp3) is 0.0500. The molecule has 0 aliphatic heterocycles. The van der Waals surface area contributed by atoms with Crippen LogP contribution in [0.2, 0.25) is 0 Å². The van der Waals surface area contributed by atoms with Gasteiger partial charge in [0.2, 0.25) is 5.78 Å². The molecule has 4 heteroatoms. The van der Waals surface area contributed by atoms with Gasteiger partial charge in [0.25, 0.3) is 5.91 Å². The molecule has 1 N–H and O–H groups in total. The predicted molar refractivity (Wildman–Crippen MR) is 93.2 cm³/mol. The van der Waals surface area contributed by atoms with Crippen LogP contribution in [0.3, 0.4) is 0 Å². The summed E-state index contributed by atoms with van der Waals surface area (Å²) >= 11 is 0. The smallest absolute Gasteiger partial charge is 0.255 e. The number of amides is 1. The molecule has 3 rings (SSSR count). The third kappa shape index (κ3) is 3.55. The standard InChI is InChI=1S/C20H16N2O2/c1-14-7-9-15(10-8-14)19(23)18-13-16(11-12-21-18)20(24)22-17-5-3-2-4-6-17/h2-13H,1H3,(H,22,24). The Balaban J connectivity index is 1.82. The van der Waals surface area contributed by atoms with Gasteiger partial charge in [0.1, 0.15) is 5.69 Å². The van der Waals surface area contributed by atoms with Crippen LogP contribution in [0.15, 0.2) is 72.9 Å². The molecule has 0 unspecified atom stereocenters. The van der Waals surface area contributed by atoms with E-state index < -0.39 is 0 Å². The molecule has 0 radical (unpaired) electrons. The van der Waals surface area contributed by atoms with Gasteiger partial charge in [-0.05, 0) is 31.2 Å². The number of carbonyl (C=O) groups is 2. The Labute approximate surface area is 140 Å². The number of rotatable bonds is 4. The summed E-state index contributed by atoms with van der Waals surface area (Å²) < 4.78 is 0. The number of nitrogens with one attached hydrogen (secondary N) is 1. The third-order valence-electron chi connectivity index (χ3n) is 3.60. The zero-order valence-corrected chi connectivity index (χ0v) is 13.2. The summed E-state index contributed by atoms with van der Waals surface area (Å²) in [5.74, 6) is -0.481. The Bertz CT molecular complexity index is 872. The summed E-state index contributed by atoms with van der Waals surface area (Å²) in [6.07, 6.45) is 1.47. The Morgan fingerprint density at radius 2 is 1.58 bits per heavy atom. The van der Waals surface area contributed by atoms with Gasteiger partial charge in [-0.25, -0.2) is 0 Å². The lowest BCUT2D eigenvalue weighted by Gasteiger charge is -2.06. The minimum Gasteiger partial charge on any atom is -0.322 e. The van der Waals surface area contributed by atoms with Crippen molar-refractivity contribution in [1.29, 1.82) is 0 Å². The first-order valence-electron chi connectivity index (χ1n) is 7.57. The van der Waals surface area contributed by atoms with Crippen molar-refractivity contribution in [3.05, 3.63) is 95.3 Å². The summed E-state index contributed by atoms with van der Waals surface area (Å²) in [4.78, 5) is 28.9. The average molecular weight is 316 g/mol. The van der Waals surface area contributed by atoms with Crippen LogP contribution >= 0.6 is 0 Å². The van der Waals surface area contributed by atoms with E-state index in [0.29, 0.717) is 16.8 Å². The van der Waals surface area contributed by atoms with E-state index in [9.17, 15) is 9.59 Å². The maximum Gasteiger partial charge on any atom is 0.255 e. The molecule has 0 spiro atoms. The van der Waals surface area contributed by atoms with Gasteiger partial charge in [-0.15, -0.1) is 0 Å². The Kier molecular flexibility index (Phi) is 4.47. The number of carbonyl (C=O) groups excluding carboxylic acids is 2. The van der Waals surface area contributed by atoms with E-state index in [-0.39, 0.29) is 17.4 Å². The molecule has 3 aromatic rings. The average Bonchev–Trinajstić information content (AvgIpc) is 2.63. The topological polar surface area (TPSA) is 59.1 Å². The molecule has 0 aliphatic carbocycles. The largest absolute Gasteiger partial charge is 0.322 e. The van der Waals surface area contributed by atoms with Crippen molar-refractivity contribution in [1.82, 2.24) is 4.98 Å². The van der Waals surface area contributed by atoms with E-state index in [0.717, 1.165) is 5.56 Å². The van der Waals surface area contributed by atoms with Crippen LogP contribution in [0.5, 0.6) is 0 Å². The van der Waals surface area contributed by atoms with E-state index in [1.807, 2.05) is 37.3 Å². The maximum atomic E-state index is 12.5. The highest BCUT2D eigenvalue weighted by molar-refractivity contribution is 6.10. The van der Waals surface area contributed by atoms with Crippen molar-refractivity contribution >= 4 is 17.4 Å². The van der Waals surface area contributed by atoms with Gasteiger partial charge in [-0.1, -0.05) is 48.0 Å². The molecule has 4 nitrogen and oxygen atoms in total. The molecule has 24 heavy (non-hydrogen) atoms. The number of benzene rings is 2. The molecule has 0 aliphatic rings. The monoisotopic (exact) mass is 316 g/mol. The minimum atomic E-state index is -0.276. The molecule has 1 amide bonds. The molecule has 0 saturated heterocycles. The van der Waals surface area contributed by atoms with Gasteiger partial charge in [0, 0.05) is 23.0 Å². The van der Waals surface area contributed by atoms with E-state index in [1.54, 1.807) is 30.3 Å². The van der Waals surface area contributed by atoms with Crippen molar-refractivity contribution in [2.75, 3.05) is 5.32 Å². The van der Waals surface area contributed by atoms with Crippen molar-refractivity contribution in [3.63, 3.8) is 0 Å². The van der Waals surface area contributed by atoms with Gasteiger partial charge in [-0.2, -0.15) is 0 Å². The van der Waals surface area contributed by atoms with Crippen LogP contribution in [-0.4, -0.2) is 16.7 Å². The van der Waals surface area contributed by atoms with Crippen LogP contribution in [0.25, 0.3) is 0 Å². The number of para-hydroxylation sites is 1. The Morgan fingerprint density at radius 1 is 0.875 bits per heavy atom. The van der Waals surface area contributed by atoms with Crippen molar-refractivity contribution in [3.8, 4) is 0 Å². The number of nitrogens with zero attached hydrogens (tertiary/aromatic N) is 1.